The van der Waals surface area contributed by atoms with Gasteiger partial charge in [0.15, 0.2) is 5.78 Å². The summed E-state index contributed by atoms with van der Waals surface area (Å²) >= 11 is 0. The van der Waals surface area contributed by atoms with E-state index in [0.717, 1.165) is 5.56 Å². The van der Waals surface area contributed by atoms with E-state index in [-0.39, 0.29) is 11.5 Å². The lowest BCUT2D eigenvalue weighted by Crippen LogP contribution is -2.40. The molecule has 110 valence electrons. The lowest BCUT2D eigenvalue weighted by atomic mass is 9.83. The number of aryl methyl sites for hydroxylation is 1. The third-order valence-corrected chi connectivity index (χ3v) is 3.80. The molecule has 0 spiro atoms. The van der Waals surface area contributed by atoms with Crippen molar-refractivity contribution in [1.29, 1.82) is 0 Å². The van der Waals surface area contributed by atoms with Crippen LogP contribution in [0.4, 0.5) is 0 Å². The molecule has 0 aromatic heterocycles. The summed E-state index contributed by atoms with van der Waals surface area (Å²) in [6.45, 7) is 1.82. The number of hydrogen-bond acceptors (Lipinski definition) is 5. The number of allylic oxidation sites excluding steroid dienone is 1. The van der Waals surface area contributed by atoms with E-state index >= 15 is 0 Å². The van der Waals surface area contributed by atoms with Crippen molar-refractivity contribution in [2.75, 3.05) is 14.2 Å². The number of ketones is 1. The molecule has 5 heteroatoms. The van der Waals surface area contributed by atoms with Crippen molar-refractivity contribution in [2.24, 2.45) is 5.92 Å². The van der Waals surface area contributed by atoms with Crippen molar-refractivity contribution in [2.45, 2.75) is 13.0 Å². The van der Waals surface area contributed by atoms with E-state index in [1.165, 1.54) is 13.2 Å². The smallest absolute Gasteiger partial charge is 0.181 e. The molecule has 0 radical (unpaired) electrons. The Bertz CT molecular complexity index is 671. The van der Waals surface area contributed by atoms with Crippen molar-refractivity contribution in [3.63, 3.8) is 0 Å². The van der Waals surface area contributed by atoms with Crippen LogP contribution in [-0.2, 0) is 4.74 Å². The van der Waals surface area contributed by atoms with Gasteiger partial charge in [-0.05, 0) is 24.6 Å². The second-order valence-corrected chi connectivity index (χ2v) is 5.08. The van der Waals surface area contributed by atoms with Crippen LogP contribution in [0.5, 0.6) is 11.5 Å². The average Bonchev–Trinajstić information content (AvgIpc) is 2.45. The molecule has 2 atom stereocenters. The third kappa shape index (κ3) is 2.05. The Morgan fingerprint density at radius 3 is 2.67 bits per heavy atom. The van der Waals surface area contributed by atoms with Crippen LogP contribution in [0, 0.1) is 12.8 Å². The maximum Gasteiger partial charge on any atom is 0.181 e. The molecular formula is C16H16O5. The van der Waals surface area contributed by atoms with Crippen LogP contribution >= 0.6 is 0 Å². The zero-order chi connectivity index (χ0) is 15.1. The number of aliphatic hydroxyl groups is 1. The molecular weight excluding hydrogens is 272 g/mol. The van der Waals surface area contributed by atoms with Crippen molar-refractivity contribution in [3.8, 4) is 11.5 Å². The van der Waals surface area contributed by atoms with Gasteiger partial charge < -0.3 is 19.3 Å². The molecule has 1 N–H and O–H groups in total. The van der Waals surface area contributed by atoms with Gasteiger partial charge >= 0.3 is 0 Å². The molecule has 5 nitrogen and oxygen atoms in total. The molecule has 1 aliphatic heterocycles. The van der Waals surface area contributed by atoms with Gasteiger partial charge in [-0.3, -0.25) is 4.79 Å². The molecule has 1 heterocycles. The predicted octanol–water partition coefficient (Wildman–Crippen LogP) is 2.55. The highest BCUT2D eigenvalue weighted by atomic mass is 16.5. The average molecular weight is 288 g/mol. The van der Waals surface area contributed by atoms with Crippen LogP contribution < -0.4 is 9.47 Å². The Hall–Kier alpha value is -2.43. The highest BCUT2D eigenvalue weighted by Crippen LogP contribution is 2.40. The summed E-state index contributed by atoms with van der Waals surface area (Å²) in [5, 5.41) is 10.1. The summed E-state index contributed by atoms with van der Waals surface area (Å²) in [6.07, 6.45) is 2.57. The van der Waals surface area contributed by atoms with Gasteiger partial charge in [-0.15, -0.1) is 0 Å². The van der Waals surface area contributed by atoms with Crippen molar-refractivity contribution < 1.29 is 24.1 Å². The SMILES string of the molecule is COC1=C[C@@H]2Oc3cc(OC)cc(C)c3C(=O)[C@@H]2C(O)=C1. The van der Waals surface area contributed by atoms with E-state index in [1.807, 2.05) is 6.92 Å². The maximum absolute atomic E-state index is 12.7. The Balaban J connectivity index is 2.11. The van der Waals surface area contributed by atoms with Crippen LogP contribution in [-0.4, -0.2) is 31.2 Å². The molecule has 1 aliphatic carbocycles. The molecule has 21 heavy (non-hydrogen) atoms. The van der Waals surface area contributed by atoms with Gasteiger partial charge in [0.05, 0.1) is 19.8 Å². The molecule has 1 aromatic rings. The molecule has 0 amide bonds. The summed E-state index contributed by atoms with van der Waals surface area (Å²) in [4.78, 5) is 12.7. The number of benzene rings is 1. The Kier molecular flexibility index (Phi) is 3.12. The van der Waals surface area contributed by atoms with Crippen LogP contribution in [0.3, 0.4) is 0 Å². The Morgan fingerprint density at radius 1 is 1.24 bits per heavy atom. The van der Waals surface area contributed by atoms with E-state index in [0.29, 0.717) is 22.8 Å². The topological polar surface area (TPSA) is 65.0 Å². The molecule has 1 aromatic carbocycles. The highest BCUT2D eigenvalue weighted by Gasteiger charge is 2.42. The standard InChI is InChI=1S/C16H16O5/c1-8-4-9(19-2)6-12-14(8)16(18)15-11(17)5-10(20-3)7-13(15)21-12/h4-7,13,15,17H,1-3H3/t13-,15+/m0/s1. The van der Waals surface area contributed by atoms with E-state index < -0.39 is 12.0 Å². The number of methoxy groups -OCH3 is 2. The number of carbonyl (C=O) groups excluding carboxylic acids is 1. The number of ether oxygens (including phenoxy) is 3. The summed E-state index contributed by atoms with van der Waals surface area (Å²) in [5.74, 6) is 0.670. The van der Waals surface area contributed by atoms with Gasteiger partial charge in [0.2, 0.25) is 0 Å². The fraction of sp³-hybridized carbons (Fsp3) is 0.312. The first-order valence-electron chi connectivity index (χ1n) is 6.61. The number of rotatable bonds is 2. The minimum absolute atomic E-state index is 0.0368. The maximum atomic E-state index is 12.7. The van der Waals surface area contributed by atoms with E-state index in [4.69, 9.17) is 14.2 Å². The number of carbonyl (C=O) groups is 1. The summed E-state index contributed by atoms with van der Waals surface area (Å²) in [5.41, 5.74) is 1.26. The Morgan fingerprint density at radius 2 is 2.00 bits per heavy atom. The van der Waals surface area contributed by atoms with E-state index in [2.05, 4.69) is 0 Å². The number of Topliss-reactive ketones (excluding diaryl/α,β-unsaturated/α-hetero) is 1. The molecule has 0 saturated carbocycles. The lowest BCUT2D eigenvalue weighted by molar-refractivity contribution is 0.0713. The quantitative estimate of drug-likeness (QED) is 0.906. The van der Waals surface area contributed by atoms with Gasteiger partial charge in [-0.2, -0.15) is 0 Å². The van der Waals surface area contributed by atoms with Gasteiger partial charge in [0, 0.05) is 12.1 Å². The van der Waals surface area contributed by atoms with Crippen LogP contribution in [0.1, 0.15) is 15.9 Å². The fourth-order valence-corrected chi connectivity index (χ4v) is 2.77. The second kappa shape index (κ2) is 4.84. The number of aliphatic hydroxyl groups excluding tert-OH is 1. The first-order valence-corrected chi connectivity index (χ1v) is 6.61. The van der Waals surface area contributed by atoms with Gasteiger partial charge in [0.25, 0.3) is 0 Å². The first kappa shape index (κ1) is 13.5. The van der Waals surface area contributed by atoms with Crippen LogP contribution in [0.25, 0.3) is 0 Å². The zero-order valence-corrected chi connectivity index (χ0v) is 12.0. The molecule has 0 bridgehead atoms. The predicted molar refractivity (Wildman–Crippen MR) is 75.8 cm³/mol. The molecule has 0 unspecified atom stereocenters. The fourth-order valence-electron chi connectivity index (χ4n) is 2.77. The molecule has 0 fully saturated rings. The van der Waals surface area contributed by atoms with Crippen molar-refractivity contribution in [1.82, 2.24) is 0 Å². The second-order valence-electron chi connectivity index (χ2n) is 5.08. The number of hydrogen-bond donors (Lipinski definition) is 1. The summed E-state index contributed by atoms with van der Waals surface area (Å²) in [6, 6.07) is 3.46. The van der Waals surface area contributed by atoms with Crippen LogP contribution in [0.15, 0.2) is 35.8 Å². The van der Waals surface area contributed by atoms with Crippen molar-refractivity contribution >= 4 is 5.78 Å². The van der Waals surface area contributed by atoms with Gasteiger partial charge in [-0.1, -0.05) is 0 Å². The number of fused-ring (bicyclic) bond motifs is 2. The first-order chi connectivity index (χ1) is 10.0. The minimum Gasteiger partial charge on any atom is -0.511 e. The lowest BCUT2D eigenvalue weighted by Gasteiger charge is -2.33. The summed E-state index contributed by atoms with van der Waals surface area (Å²) < 4.78 is 16.2. The van der Waals surface area contributed by atoms with Crippen LogP contribution in [0.2, 0.25) is 0 Å². The van der Waals surface area contributed by atoms with Gasteiger partial charge in [0.1, 0.15) is 35.0 Å². The minimum atomic E-state index is -0.719. The highest BCUT2D eigenvalue weighted by molar-refractivity contribution is 6.04. The summed E-state index contributed by atoms with van der Waals surface area (Å²) in [7, 11) is 3.06. The van der Waals surface area contributed by atoms with Crippen molar-refractivity contribution in [3.05, 3.63) is 46.9 Å². The zero-order valence-electron chi connectivity index (χ0n) is 12.0. The molecule has 2 aliphatic rings. The van der Waals surface area contributed by atoms with E-state index in [9.17, 15) is 9.90 Å². The molecule has 3 rings (SSSR count). The largest absolute Gasteiger partial charge is 0.511 e. The third-order valence-electron chi connectivity index (χ3n) is 3.80. The van der Waals surface area contributed by atoms with E-state index in [1.54, 1.807) is 25.3 Å². The normalized spacial score (nSPS) is 23.3. The Labute approximate surface area is 122 Å². The monoisotopic (exact) mass is 288 g/mol. The van der Waals surface area contributed by atoms with Gasteiger partial charge in [-0.25, -0.2) is 0 Å². The molecule has 0 saturated heterocycles.